The Morgan fingerprint density at radius 2 is 2.20 bits per heavy atom. The molecule has 0 amide bonds. The molecule has 3 nitrogen and oxygen atoms in total. The van der Waals surface area contributed by atoms with Gasteiger partial charge in [0.25, 0.3) is 0 Å². The molecule has 0 radical (unpaired) electrons. The number of hydrogen-bond acceptors (Lipinski definition) is 2. The van der Waals surface area contributed by atoms with Crippen LogP contribution < -0.4 is 4.90 Å². The molecule has 0 spiro atoms. The highest BCUT2D eigenvalue weighted by atomic mass is 35.5. The minimum absolute atomic E-state index is 0.176. The van der Waals surface area contributed by atoms with E-state index in [0.717, 1.165) is 13.0 Å². The second-order valence-electron chi connectivity index (χ2n) is 3.36. The van der Waals surface area contributed by atoms with E-state index >= 15 is 0 Å². The fourth-order valence-corrected chi connectivity index (χ4v) is 1.75. The fraction of sp³-hybridized carbons (Fsp3) is 0.364. The van der Waals surface area contributed by atoms with Crippen LogP contribution in [0, 0.1) is 0 Å². The van der Waals surface area contributed by atoms with Gasteiger partial charge in [0, 0.05) is 13.6 Å². The monoisotopic (exact) mass is 227 g/mol. The molecule has 1 aromatic carbocycles. The number of carbonyl (C=O) groups is 1. The maximum Gasteiger partial charge on any atom is 0.339 e. The first kappa shape index (κ1) is 11.9. The second-order valence-corrected chi connectivity index (χ2v) is 3.77. The van der Waals surface area contributed by atoms with E-state index in [4.69, 9.17) is 16.7 Å². The Bertz CT molecular complexity index is 366. The largest absolute Gasteiger partial charge is 0.478 e. The van der Waals surface area contributed by atoms with Gasteiger partial charge in [0.1, 0.15) is 5.56 Å². The molecular weight excluding hydrogens is 214 g/mol. The summed E-state index contributed by atoms with van der Waals surface area (Å²) in [6.07, 6.45) is 0.960. The second kappa shape index (κ2) is 5.03. The summed E-state index contributed by atoms with van der Waals surface area (Å²) in [5.74, 6) is -0.987. The molecule has 1 N–H and O–H groups in total. The third-order valence-corrected chi connectivity index (χ3v) is 2.49. The van der Waals surface area contributed by atoms with E-state index in [1.165, 1.54) is 0 Å². The Morgan fingerprint density at radius 1 is 1.53 bits per heavy atom. The molecule has 0 unspecified atom stereocenters. The van der Waals surface area contributed by atoms with Crippen molar-refractivity contribution >= 4 is 23.3 Å². The van der Waals surface area contributed by atoms with Gasteiger partial charge in [0.15, 0.2) is 0 Å². The Hall–Kier alpha value is -1.22. The van der Waals surface area contributed by atoms with Crippen molar-refractivity contribution < 1.29 is 9.90 Å². The van der Waals surface area contributed by atoms with Gasteiger partial charge in [0.05, 0.1) is 10.7 Å². The van der Waals surface area contributed by atoms with Gasteiger partial charge in [0.2, 0.25) is 0 Å². The lowest BCUT2D eigenvalue weighted by atomic mass is 10.1. The van der Waals surface area contributed by atoms with Gasteiger partial charge in [-0.2, -0.15) is 0 Å². The van der Waals surface area contributed by atoms with Crippen LogP contribution in [0.25, 0.3) is 0 Å². The molecule has 82 valence electrons. The Kier molecular flexibility index (Phi) is 3.97. The van der Waals surface area contributed by atoms with E-state index in [0.29, 0.717) is 5.69 Å². The van der Waals surface area contributed by atoms with Gasteiger partial charge in [-0.3, -0.25) is 0 Å². The van der Waals surface area contributed by atoms with Crippen LogP contribution in [0.2, 0.25) is 5.02 Å². The maximum atomic E-state index is 11.0. The predicted molar refractivity (Wildman–Crippen MR) is 62.0 cm³/mol. The summed E-state index contributed by atoms with van der Waals surface area (Å²) in [6, 6.07) is 5.12. The topological polar surface area (TPSA) is 40.5 Å². The van der Waals surface area contributed by atoms with Crippen molar-refractivity contribution in [2.45, 2.75) is 13.3 Å². The first-order valence-corrected chi connectivity index (χ1v) is 5.18. The van der Waals surface area contributed by atoms with Crippen LogP contribution in [0.1, 0.15) is 23.7 Å². The third-order valence-electron chi connectivity index (χ3n) is 2.18. The van der Waals surface area contributed by atoms with Crippen molar-refractivity contribution in [3.05, 3.63) is 28.8 Å². The van der Waals surface area contributed by atoms with Crippen LogP contribution in [-0.4, -0.2) is 24.7 Å². The summed E-state index contributed by atoms with van der Waals surface area (Å²) in [5, 5.41) is 9.33. The Morgan fingerprint density at radius 3 is 2.73 bits per heavy atom. The summed E-state index contributed by atoms with van der Waals surface area (Å²) in [4.78, 5) is 12.9. The number of rotatable bonds is 4. The zero-order valence-corrected chi connectivity index (χ0v) is 9.58. The number of carboxylic acid groups (broad SMARTS) is 1. The van der Waals surface area contributed by atoms with Crippen molar-refractivity contribution in [3.63, 3.8) is 0 Å². The number of hydrogen-bond donors (Lipinski definition) is 1. The molecule has 15 heavy (non-hydrogen) atoms. The highest BCUT2D eigenvalue weighted by Crippen LogP contribution is 2.26. The minimum atomic E-state index is -0.987. The molecule has 0 saturated carbocycles. The molecule has 0 aromatic heterocycles. The summed E-state index contributed by atoms with van der Waals surface area (Å²) in [6.45, 7) is 2.85. The number of aromatic carboxylic acids is 1. The van der Waals surface area contributed by atoms with Crippen LogP contribution in [0.15, 0.2) is 18.2 Å². The van der Waals surface area contributed by atoms with Crippen LogP contribution in [0.4, 0.5) is 5.69 Å². The van der Waals surface area contributed by atoms with Gasteiger partial charge in [-0.15, -0.1) is 0 Å². The number of carboxylic acids is 1. The molecule has 0 heterocycles. The molecule has 1 rings (SSSR count). The fourth-order valence-electron chi connectivity index (χ4n) is 1.50. The summed E-state index contributed by atoms with van der Waals surface area (Å²) < 4.78 is 0. The van der Waals surface area contributed by atoms with E-state index in [9.17, 15) is 4.79 Å². The van der Waals surface area contributed by atoms with Gasteiger partial charge < -0.3 is 10.0 Å². The smallest absolute Gasteiger partial charge is 0.339 e. The Balaban J connectivity index is 3.16. The molecule has 0 fully saturated rings. The van der Waals surface area contributed by atoms with Crippen molar-refractivity contribution in [3.8, 4) is 0 Å². The molecule has 0 aliphatic rings. The standard InChI is InChI=1S/C11H14ClNO2/c1-3-7-13(2)9-6-4-5-8(12)10(9)11(14)15/h4-6H,3,7H2,1-2H3,(H,14,15). The summed E-state index contributed by atoms with van der Waals surface area (Å²) in [5.41, 5.74) is 0.840. The zero-order chi connectivity index (χ0) is 11.4. The number of halogens is 1. The minimum Gasteiger partial charge on any atom is -0.478 e. The van der Waals surface area contributed by atoms with E-state index in [2.05, 4.69) is 0 Å². The molecule has 4 heteroatoms. The predicted octanol–water partition coefficient (Wildman–Crippen LogP) is 2.88. The number of anilines is 1. The van der Waals surface area contributed by atoms with Crippen molar-refractivity contribution in [2.24, 2.45) is 0 Å². The zero-order valence-electron chi connectivity index (χ0n) is 8.83. The lowest BCUT2D eigenvalue weighted by molar-refractivity contribution is 0.0698. The van der Waals surface area contributed by atoms with E-state index < -0.39 is 5.97 Å². The van der Waals surface area contributed by atoms with Gasteiger partial charge >= 0.3 is 5.97 Å². The maximum absolute atomic E-state index is 11.0. The molecule has 0 aliphatic carbocycles. The van der Waals surface area contributed by atoms with Gasteiger partial charge in [-0.25, -0.2) is 4.79 Å². The van der Waals surface area contributed by atoms with Gasteiger partial charge in [-0.05, 0) is 18.6 Å². The average molecular weight is 228 g/mol. The van der Waals surface area contributed by atoms with Crippen molar-refractivity contribution in [1.82, 2.24) is 0 Å². The van der Waals surface area contributed by atoms with Crippen molar-refractivity contribution in [2.75, 3.05) is 18.5 Å². The van der Waals surface area contributed by atoms with Crippen molar-refractivity contribution in [1.29, 1.82) is 0 Å². The first-order valence-electron chi connectivity index (χ1n) is 4.80. The first-order chi connectivity index (χ1) is 7.07. The summed E-state index contributed by atoms with van der Waals surface area (Å²) in [7, 11) is 1.86. The number of nitrogens with zero attached hydrogens (tertiary/aromatic N) is 1. The molecular formula is C11H14ClNO2. The number of benzene rings is 1. The normalized spacial score (nSPS) is 10.1. The van der Waals surface area contributed by atoms with E-state index in [-0.39, 0.29) is 10.6 Å². The molecule has 0 atom stereocenters. The Labute approximate surface area is 94.3 Å². The average Bonchev–Trinajstić information content (AvgIpc) is 2.17. The third kappa shape index (κ3) is 2.63. The quantitative estimate of drug-likeness (QED) is 0.860. The molecule has 0 aliphatic heterocycles. The highest BCUT2D eigenvalue weighted by molar-refractivity contribution is 6.34. The van der Waals surface area contributed by atoms with E-state index in [1.807, 2.05) is 18.9 Å². The highest BCUT2D eigenvalue weighted by Gasteiger charge is 2.16. The molecule has 0 bridgehead atoms. The molecule has 1 aromatic rings. The lowest BCUT2D eigenvalue weighted by Gasteiger charge is -2.20. The molecule has 0 saturated heterocycles. The summed E-state index contributed by atoms with van der Waals surface area (Å²) >= 11 is 5.86. The lowest BCUT2D eigenvalue weighted by Crippen LogP contribution is -2.20. The van der Waals surface area contributed by atoms with Gasteiger partial charge in [-0.1, -0.05) is 24.6 Å². The SMILES string of the molecule is CCCN(C)c1cccc(Cl)c1C(=O)O. The van der Waals surface area contributed by atoms with Crippen LogP contribution in [0.5, 0.6) is 0 Å². The van der Waals surface area contributed by atoms with Crippen LogP contribution in [0.3, 0.4) is 0 Å². The van der Waals surface area contributed by atoms with Crippen LogP contribution >= 0.6 is 11.6 Å². The van der Waals surface area contributed by atoms with E-state index in [1.54, 1.807) is 18.2 Å². The van der Waals surface area contributed by atoms with Crippen LogP contribution in [-0.2, 0) is 0 Å².